The average Bonchev–Trinajstić information content (AvgIpc) is 2.27. The SMILES string of the molecule is Cc1ccc(F)c(-c2cc(C)c(N)cc2F)c1. The molecule has 1 nitrogen and oxygen atoms in total. The van der Waals surface area contributed by atoms with Gasteiger partial charge in [0.25, 0.3) is 0 Å². The Bertz CT molecular complexity index is 577. The largest absolute Gasteiger partial charge is 0.398 e. The van der Waals surface area contributed by atoms with Crippen LogP contribution < -0.4 is 5.73 Å². The summed E-state index contributed by atoms with van der Waals surface area (Å²) in [5.74, 6) is -0.934. The third kappa shape index (κ3) is 2.13. The fourth-order valence-electron chi connectivity index (χ4n) is 1.75. The summed E-state index contributed by atoms with van der Waals surface area (Å²) in [7, 11) is 0. The molecule has 0 fully saturated rings. The maximum Gasteiger partial charge on any atom is 0.133 e. The van der Waals surface area contributed by atoms with Gasteiger partial charge in [-0.25, -0.2) is 8.78 Å². The Hall–Kier alpha value is -1.90. The van der Waals surface area contributed by atoms with E-state index in [-0.39, 0.29) is 11.1 Å². The standard InChI is InChI=1S/C14H13F2N/c1-8-3-4-12(15)10(5-8)11-6-9(2)14(17)7-13(11)16/h3-7H,17H2,1-2H3. The average molecular weight is 233 g/mol. The topological polar surface area (TPSA) is 26.0 Å². The first-order valence-electron chi connectivity index (χ1n) is 5.31. The van der Waals surface area contributed by atoms with E-state index in [0.717, 1.165) is 11.1 Å². The number of hydrogen-bond donors (Lipinski definition) is 1. The number of nitrogens with two attached hydrogens (primary N) is 1. The van der Waals surface area contributed by atoms with Crippen LogP contribution in [0.25, 0.3) is 11.1 Å². The Labute approximate surface area is 98.9 Å². The van der Waals surface area contributed by atoms with Crippen molar-refractivity contribution in [1.29, 1.82) is 0 Å². The van der Waals surface area contributed by atoms with Crippen LogP contribution in [-0.2, 0) is 0 Å². The van der Waals surface area contributed by atoms with Crippen molar-refractivity contribution in [2.45, 2.75) is 13.8 Å². The molecule has 0 aromatic heterocycles. The van der Waals surface area contributed by atoms with Crippen LogP contribution in [0.15, 0.2) is 30.3 Å². The summed E-state index contributed by atoms with van der Waals surface area (Å²) in [4.78, 5) is 0. The molecule has 2 aromatic carbocycles. The minimum absolute atomic E-state index is 0.248. The second kappa shape index (κ2) is 4.17. The van der Waals surface area contributed by atoms with Crippen molar-refractivity contribution in [3.8, 4) is 11.1 Å². The van der Waals surface area contributed by atoms with Gasteiger partial charge < -0.3 is 5.73 Å². The van der Waals surface area contributed by atoms with Gasteiger partial charge in [0.05, 0.1) is 0 Å². The van der Waals surface area contributed by atoms with E-state index >= 15 is 0 Å². The van der Waals surface area contributed by atoms with Crippen molar-refractivity contribution in [2.24, 2.45) is 0 Å². The molecule has 2 aromatic rings. The van der Waals surface area contributed by atoms with Crippen molar-refractivity contribution in [1.82, 2.24) is 0 Å². The fourth-order valence-corrected chi connectivity index (χ4v) is 1.75. The molecule has 0 heterocycles. The van der Waals surface area contributed by atoms with Gasteiger partial charge in [-0.2, -0.15) is 0 Å². The minimum Gasteiger partial charge on any atom is -0.398 e. The van der Waals surface area contributed by atoms with E-state index in [4.69, 9.17) is 5.73 Å². The molecule has 0 atom stereocenters. The molecule has 3 heteroatoms. The van der Waals surface area contributed by atoms with Crippen LogP contribution in [-0.4, -0.2) is 0 Å². The van der Waals surface area contributed by atoms with Crippen LogP contribution >= 0.6 is 0 Å². The van der Waals surface area contributed by atoms with E-state index < -0.39 is 11.6 Å². The van der Waals surface area contributed by atoms with E-state index in [9.17, 15) is 8.78 Å². The van der Waals surface area contributed by atoms with Gasteiger partial charge in [0.15, 0.2) is 0 Å². The molecule has 2 rings (SSSR count). The molecule has 0 aliphatic carbocycles. The van der Waals surface area contributed by atoms with E-state index in [1.807, 2.05) is 6.92 Å². The highest BCUT2D eigenvalue weighted by atomic mass is 19.1. The van der Waals surface area contributed by atoms with Crippen molar-refractivity contribution in [3.05, 3.63) is 53.1 Å². The van der Waals surface area contributed by atoms with Crippen LogP contribution in [0.2, 0.25) is 0 Å². The van der Waals surface area contributed by atoms with Crippen LogP contribution in [0.1, 0.15) is 11.1 Å². The van der Waals surface area contributed by atoms with Gasteiger partial charge in [-0.3, -0.25) is 0 Å². The van der Waals surface area contributed by atoms with E-state index in [1.54, 1.807) is 25.1 Å². The predicted octanol–water partition coefficient (Wildman–Crippen LogP) is 3.83. The third-order valence-corrected chi connectivity index (χ3v) is 2.77. The van der Waals surface area contributed by atoms with Crippen molar-refractivity contribution >= 4 is 5.69 Å². The Morgan fingerprint density at radius 1 is 0.882 bits per heavy atom. The summed E-state index contributed by atoms with van der Waals surface area (Å²) in [5.41, 5.74) is 8.12. The van der Waals surface area contributed by atoms with Gasteiger partial charge in [0.2, 0.25) is 0 Å². The van der Waals surface area contributed by atoms with Crippen LogP contribution in [0.4, 0.5) is 14.5 Å². The number of benzene rings is 2. The lowest BCUT2D eigenvalue weighted by atomic mass is 9.99. The molecule has 0 amide bonds. The minimum atomic E-state index is -0.502. The van der Waals surface area contributed by atoms with E-state index in [0.29, 0.717) is 5.69 Å². The van der Waals surface area contributed by atoms with Crippen molar-refractivity contribution in [3.63, 3.8) is 0 Å². The van der Waals surface area contributed by atoms with Crippen LogP contribution in [0.3, 0.4) is 0 Å². The second-order valence-corrected chi connectivity index (χ2v) is 4.17. The number of rotatable bonds is 1. The Morgan fingerprint density at radius 3 is 2.24 bits per heavy atom. The molecule has 0 unspecified atom stereocenters. The maximum atomic E-state index is 13.8. The summed E-state index contributed by atoms with van der Waals surface area (Å²) in [6.07, 6.45) is 0. The molecular formula is C14H13F2N. The zero-order valence-electron chi connectivity index (χ0n) is 9.72. The quantitative estimate of drug-likeness (QED) is 0.744. The van der Waals surface area contributed by atoms with Gasteiger partial charge in [-0.15, -0.1) is 0 Å². The normalized spacial score (nSPS) is 10.6. The highest BCUT2D eigenvalue weighted by Crippen LogP contribution is 2.29. The number of hydrogen-bond acceptors (Lipinski definition) is 1. The monoisotopic (exact) mass is 233 g/mol. The number of anilines is 1. The molecule has 88 valence electrons. The van der Waals surface area contributed by atoms with Crippen molar-refractivity contribution < 1.29 is 8.78 Å². The van der Waals surface area contributed by atoms with Crippen LogP contribution in [0, 0.1) is 25.5 Å². The number of halogens is 2. The highest BCUT2D eigenvalue weighted by molar-refractivity contribution is 5.69. The maximum absolute atomic E-state index is 13.8. The van der Waals surface area contributed by atoms with E-state index in [2.05, 4.69) is 0 Å². The molecule has 0 radical (unpaired) electrons. The molecule has 0 saturated heterocycles. The molecule has 0 bridgehead atoms. The lowest BCUT2D eigenvalue weighted by Gasteiger charge is -2.09. The lowest BCUT2D eigenvalue weighted by molar-refractivity contribution is 0.616. The summed E-state index contributed by atoms with van der Waals surface area (Å²) in [5, 5.41) is 0. The fraction of sp³-hybridized carbons (Fsp3) is 0.143. The molecular weight excluding hydrogens is 220 g/mol. The smallest absolute Gasteiger partial charge is 0.133 e. The van der Waals surface area contributed by atoms with Crippen LogP contribution in [0.5, 0.6) is 0 Å². The Balaban J connectivity index is 2.68. The first kappa shape index (κ1) is 11.6. The highest BCUT2D eigenvalue weighted by Gasteiger charge is 2.12. The molecule has 0 saturated carbocycles. The molecule has 0 spiro atoms. The molecule has 0 aliphatic heterocycles. The van der Waals surface area contributed by atoms with Gasteiger partial charge >= 0.3 is 0 Å². The summed E-state index contributed by atoms with van der Waals surface area (Å²) >= 11 is 0. The lowest BCUT2D eigenvalue weighted by Crippen LogP contribution is -1.95. The van der Waals surface area contributed by atoms with Gasteiger partial charge in [0.1, 0.15) is 11.6 Å². The van der Waals surface area contributed by atoms with Gasteiger partial charge in [0, 0.05) is 16.8 Å². The van der Waals surface area contributed by atoms with Gasteiger partial charge in [-0.1, -0.05) is 11.6 Å². The Morgan fingerprint density at radius 2 is 1.53 bits per heavy atom. The number of aryl methyl sites for hydroxylation is 2. The summed E-state index contributed by atoms with van der Waals surface area (Å²) in [6, 6.07) is 7.43. The van der Waals surface area contributed by atoms with Crippen molar-refractivity contribution in [2.75, 3.05) is 5.73 Å². The molecule has 0 aliphatic rings. The second-order valence-electron chi connectivity index (χ2n) is 4.17. The Kier molecular flexibility index (Phi) is 2.84. The number of nitrogen functional groups attached to an aromatic ring is 1. The predicted molar refractivity (Wildman–Crippen MR) is 65.7 cm³/mol. The summed E-state index contributed by atoms with van der Waals surface area (Å²) in [6.45, 7) is 3.61. The van der Waals surface area contributed by atoms with Gasteiger partial charge in [-0.05, 0) is 43.7 Å². The first-order valence-corrected chi connectivity index (χ1v) is 5.31. The first-order chi connectivity index (χ1) is 7.99. The van der Waals surface area contributed by atoms with E-state index in [1.165, 1.54) is 12.1 Å². The molecule has 17 heavy (non-hydrogen) atoms. The zero-order chi connectivity index (χ0) is 12.6. The summed E-state index contributed by atoms with van der Waals surface area (Å²) < 4.78 is 27.5. The third-order valence-electron chi connectivity index (χ3n) is 2.77. The zero-order valence-corrected chi connectivity index (χ0v) is 9.72. The molecule has 2 N–H and O–H groups in total.